The number of aryl methyl sites for hydroxylation is 2. The van der Waals surface area contributed by atoms with E-state index in [0.29, 0.717) is 0 Å². The molecule has 0 amide bonds. The Labute approximate surface area is 107 Å². The van der Waals surface area contributed by atoms with Gasteiger partial charge in [-0.1, -0.05) is 12.1 Å². The quantitative estimate of drug-likeness (QED) is 0.630. The molecule has 0 spiro atoms. The molecule has 5 nitrogen and oxygen atoms in total. The third-order valence-corrected chi connectivity index (χ3v) is 2.96. The van der Waals surface area contributed by atoms with Crippen LogP contribution in [-0.4, -0.2) is 16.9 Å². The van der Waals surface area contributed by atoms with E-state index in [-0.39, 0.29) is 6.04 Å². The molecule has 0 saturated carbocycles. The van der Waals surface area contributed by atoms with Crippen LogP contribution >= 0.6 is 0 Å². The van der Waals surface area contributed by atoms with E-state index in [1.54, 1.807) is 11.8 Å². The Hall–Kier alpha value is -1.85. The second-order valence-corrected chi connectivity index (χ2v) is 4.24. The van der Waals surface area contributed by atoms with Crippen LogP contribution in [0.1, 0.15) is 22.9 Å². The van der Waals surface area contributed by atoms with Crippen molar-refractivity contribution < 1.29 is 4.74 Å². The van der Waals surface area contributed by atoms with Gasteiger partial charge in [-0.25, -0.2) is 5.43 Å². The van der Waals surface area contributed by atoms with E-state index in [1.807, 2.05) is 44.4 Å². The number of hydrogen-bond donors (Lipinski definition) is 2. The van der Waals surface area contributed by atoms with Gasteiger partial charge in [0.1, 0.15) is 5.75 Å². The van der Waals surface area contributed by atoms with E-state index in [1.165, 1.54) is 0 Å². The van der Waals surface area contributed by atoms with Crippen molar-refractivity contribution in [2.75, 3.05) is 7.11 Å². The Morgan fingerprint density at radius 3 is 2.72 bits per heavy atom. The summed E-state index contributed by atoms with van der Waals surface area (Å²) in [6, 6.07) is 7.82. The fraction of sp³-hybridized carbons (Fsp3) is 0.308. The van der Waals surface area contributed by atoms with Gasteiger partial charge in [0.25, 0.3) is 0 Å². The molecule has 1 aromatic heterocycles. The van der Waals surface area contributed by atoms with Crippen molar-refractivity contribution in [3.8, 4) is 5.75 Å². The summed E-state index contributed by atoms with van der Waals surface area (Å²) in [7, 11) is 3.55. The van der Waals surface area contributed by atoms with Gasteiger partial charge in [0.05, 0.1) is 18.8 Å². The summed E-state index contributed by atoms with van der Waals surface area (Å²) in [5.74, 6) is 6.49. The van der Waals surface area contributed by atoms with Crippen molar-refractivity contribution in [1.29, 1.82) is 0 Å². The first-order valence-corrected chi connectivity index (χ1v) is 5.76. The molecule has 96 valence electrons. The zero-order chi connectivity index (χ0) is 13.1. The number of nitrogens with two attached hydrogens (primary N) is 1. The summed E-state index contributed by atoms with van der Waals surface area (Å²) >= 11 is 0. The molecule has 5 heteroatoms. The summed E-state index contributed by atoms with van der Waals surface area (Å²) in [6.07, 6.45) is 1.89. The highest BCUT2D eigenvalue weighted by molar-refractivity contribution is 5.39. The molecule has 2 aromatic rings. The summed E-state index contributed by atoms with van der Waals surface area (Å²) in [4.78, 5) is 0. The van der Waals surface area contributed by atoms with Gasteiger partial charge in [-0.15, -0.1) is 0 Å². The fourth-order valence-electron chi connectivity index (χ4n) is 1.96. The molecule has 1 atom stereocenters. The highest BCUT2D eigenvalue weighted by Crippen LogP contribution is 2.26. The number of rotatable bonds is 4. The molecule has 0 saturated heterocycles. The minimum atomic E-state index is -0.138. The molecule has 1 heterocycles. The lowest BCUT2D eigenvalue weighted by Crippen LogP contribution is -2.29. The molecule has 1 unspecified atom stereocenters. The average Bonchev–Trinajstić information content (AvgIpc) is 2.79. The number of hydrogen-bond acceptors (Lipinski definition) is 4. The fourth-order valence-corrected chi connectivity index (χ4v) is 1.96. The zero-order valence-corrected chi connectivity index (χ0v) is 10.8. The Morgan fingerprint density at radius 2 is 2.17 bits per heavy atom. The van der Waals surface area contributed by atoms with Gasteiger partial charge in [-0.05, 0) is 30.2 Å². The predicted octanol–water partition coefficient (Wildman–Crippen LogP) is 1.29. The molecular formula is C13H18N4O. The second-order valence-electron chi connectivity index (χ2n) is 4.24. The van der Waals surface area contributed by atoms with Crippen LogP contribution < -0.4 is 16.0 Å². The highest BCUT2D eigenvalue weighted by Gasteiger charge is 2.16. The van der Waals surface area contributed by atoms with Gasteiger partial charge < -0.3 is 4.74 Å². The maximum atomic E-state index is 5.64. The van der Waals surface area contributed by atoms with Crippen LogP contribution in [0.15, 0.2) is 30.5 Å². The van der Waals surface area contributed by atoms with E-state index >= 15 is 0 Å². The normalized spacial score (nSPS) is 12.4. The topological polar surface area (TPSA) is 65.1 Å². The molecule has 0 aliphatic rings. The van der Waals surface area contributed by atoms with E-state index in [9.17, 15) is 0 Å². The van der Waals surface area contributed by atoms with E-state index < -0.39 is 0 Å². The molecule has 0 bridgehead atoms. The van der Waals surface area contributed by atoms with Crippen molar-refractivity contribution in [1.82, 2.24) is 15.2 Å². The van der Waals surface area contributed by atoms with Crippen LogP contribution in [0.2, 0.25) is 0 Å². The summed E-state index contributed by atoms with van der Waals surface area (Å²) in [5.41, 5.74) is 5.79. The number of methoxy groups -OCH3 is 1. The molecule has 3 N–H and O–H groups in total. The Balaban J connectivity index is 2.38. The van der Waals surface area contributed by atoms with E-state index in [4.69, 9.17) is 10.6 Å². The van der Waals surface area contributed by atoms with Gasteiger partial charge in [0, 0.05) is 13.2 Å². The Kier molecular flexibility index (Phi) is 3.64. The number of ether oxygens (including phenoxy) is 1. The first kappa shape index (κ1) is 12.6. The summed E-state index contributed by atoms with van der Waals surface area (Å²) in [5, 5.41) is 4.37. The van der Waals surface area contributed by atoms with Gasteiger partial charge in [0.15, 0.2) is 0 Å². The second kappa shape index (κ2) is 5.20. The number of hydrazine groups is 1. The lowest BCUT2D eigenvalue weighted by Gasteiger charge is -2.16. The van der Waals surface area contributed by atoms with Crippen molar-refractivity contribution in [2.24, 2.45) is 12.9 Å². The molecule has 0 radical (unpaired) electrons. The minimum absolute atomic E-state index is 0.138. The molecule has 0 aliphatic heterocycles. The first-order chi connectivity index (χ1) is 8.65. The lowest BCUT2D eigenvalue weighted by molar-refractivity contribution is 0.410. The molecule has 1 aromatic carbocycles. The van der Waals surface area contributed by atoms with E-state index in [0.717, 1.165) is 22.6 Å². The maximum Gasteiger partial charge on any atom is 0.122 e. The number of nitrogens with zero attached hydrogens (tertiary/aromatic N) is 2. The van der Waals surface area contributed by atoms with Gasteiger partial charge in [-0.3, -0.25) is 10.5 Å². The third kappa shape index (κ3) is 2.37. The van der Waals surface area contributed by atoms with Crippen LogP contribution in [0, 0.1) is 6.92 Å². The zero-order valence-electron chi connectivity index (χ0n) is 10.8. The van der Waals surface area contributed by atoms with Gasteiger partial charge in [-0.2, -0.15) is 5.10 Å². The molecule has 18 heavy (non-hydrogen) atoms. The molecule has 2 rings (SSSR count). The molecule has 0 fully saturated rings. The van der Waals surface area contributed by atoms with Gasteiger partial charge in [0.2, 0.25) is 0 Å². The van der Waals surface area contributed by atoms with Crippen LogP contribution in [0.5, 0.6) is 5.75 Å². The minimum Gasteiger partial charge on any atom is -0.496 e. The summed E-state index contributed by atoms with van der Waals surface area (Å²) in [6.45, 7) is 2.01. The average molecular weight is 246 g/mol. The van der Waals surface area contributed by atoms with Crippen LogP contribution in [0.25, 0.3) is 0 Å². The van der Waals surface area contributed by atoms with Crippen LogP contribution in [0.4, 0.5) is 0 Å². The van der Waals surface area contributed by atoms with Crippen molar-refractivity contribution in [3.05, 3.63) is 47.3 Å². The smallest absolute Gasteiger partial charge is 0.122 e. The standard InChI is InChI=1S/C13H18N4O/c1-9-4-5-10(8-12(9)18-3)13(15-14)11-6-7-17(2)16-11/h4-8,13,15H,14H2,1-3H3. The van der Waals surface area contributed by atoms with Crippen LogP contribution in [0.3, 0.4) is 0 Å². The van der Waals surface area contributed by atoms with Crippen molar-refractivity contribution >= 4 is 0 Å². The van der Waals surface area contributed by atoms with E-state index in [2.05, 4.69) is 10.5 Å². The number of nitrogens with one attached hydrogen (secondary N) is 1. The van der Waals surface area contributed by atoms with Crippen molar-refractivity contribution in [3.63, 3.8) is 0 Å². The van der Waals surface area contributed by atoms with Crippen LogP contribution in [-0.2, 0) is 7.05 Å². The number of benzene rings is 1. The van der Waals surface area contributed by atoms with Gasteiger partial charge >= 0.3 is 0 Å². The highest BCUT2D eigenvalue weighted by atomic mass is 16.5. The first-order valence-electron chi connectivity index (χ1n) is 5.76. The number of aromatic nitrogens is 2. The Morgan fingerprint density at radius 1 is 1.39 bits per heavy atom. The molecular weight excluding hydrogens is 228 g/mol. The Bertz CT molecular complexity index is 536. The predicted molar refractivity (Wildman–Crippen MR) is 70.1 cm³/mol. The van der Waals surface area contributed by atoms with Crippen molar-refractivity contribution in [2.45, 2.75) is 13.0 Å². The summed E-state index contributed by atoms with van der Waals surface area (Å²) < 4.78 is 7.08. The lowest BCUT2D eigenvalue weighted by atomic mass is 10.0. The SMILES string of the molecule is COc1cc(C(NN)c2ccn(C)n2)ccc1C. The third-order valence-electron chi connectivity index (χ3n) is 2.96. The molecule has 0 aliphatic carbocycles. The largest absolute Gasteiger partial charge is 0.496 e. The maximum absolute atomic E-state index is 5.64. The monoisotopic (exact) mass is 246 g/mol.